The van der Waals surface area contributed by atoms with Gasteiger partial charge < -0.3 is 5.73 Å². The van der Waals surface area contributed by atoms with Gasteiger partial charge in [0.2, 0.25) is 0 Å². The Morgan fingerprint density at radius 3 is 3.00 bits per heavy atom. The largest absolute Gasteiger partial charge is 0.392 e. The molecule has 0 atom stereocenters. The van der Waals surface area contributed by atoms with Gasteiger partial charge in [-0.25, -0.2) is 0 Å². The molecule has 0 saturated carbocycles. The van der Waals surface area contributed by atoms with Gasteiger partial charge in [-0.05, 0) is 18.7 Å². The highest BCUT2D eigenvalue weighted by atomic mass is 32.1. The average Bonchev–Trinajstić information content (AvgIpc) is 2.04. The van der Waals surface area contributed by atoms with Gasteiger partial charge in [0.1, 0.15) is 0 Å². The number of thiocarbonyl (C=S) groups is 1. The number of likely N-dealkylation sites (N-methyl/N-ethyl adjacent to an activating group) is 1. The Kier molecular flexibility index (Phi) is 3.79. The summed E-state index contributed by atoms with van der Waals surface area (Å²) < 4.78 is 0. The molecular formula is C9H13N3S. The zero-order chi connectivity index (χ0) is 9.68. The molecule has 1 heterocycles. The van der Waals surface area contributed by atoms with E-state index in [9.17, 15) is 0 Å². The maximum atomic E-state index is 5.42. The first-order valence-corrected chi connectivity index (χ1v) is 4.45. The van der Waals surface area contributed by atoms with E-state index in [2.05, 4.69) is 9.88 Å². The Labute approximate surface area is 83.6 Å². The minimum atomic E-state index is 0.520. The van der Waals surface area contributed by atoms with Crippen LogP contribution in [-0.2, 0) is 6.54 Å². The molecule has 0 saturated heterocycles. The van der Waals surface area contributed by atoms with E-state index in [1.165, 1.54) is 5.56 Å². The fraction of sp³-hybridized carbons (Fsp3) is 0.333. The SMILES string of the molecule is CN(CC(N)=S)Cc1cccnc1. The monoisotopic (exact) mass is 195 g/mol. The molecule has 1 rings (SSSR count). The Morgan fingerprint density at radius 1 is 1.69 bits per heavy atom. The molecule has 1 aromatic rings. The summed E-state index contributed by atoms with van der Waals surface area (Å²) in [6, 6.07) is 3.95. The van der Waals surface area contributed by atoms with Crippen LogP contribution in [0.25, 0.3) is 0 Å². The van der Waals surface area contributed by atoms with E-state index in [0.717, 1.165) is 6.54 Å². The molecule has 0 amide bonds. The number of aromatic nitrogens is 1. The van der Waals surface area contributed by atoms with Gasteiger partial charge in [-0.2, -0.15) is 0 Å². The van der Waals surface area contributed by atoms with Crippen molar-refractivity contribution in [3.63, 3.8) is 0 Å². The molecule has 0 unspecified atom stereocenters. The molecule has 0 bridgehead atoms. The predicted molar refractivity (Wildman–Crippen MR) is 57.4 cm³/mol. The molecule has 1 aromatic heterocycles. The topological polar surface area (TPSA) is 42.1 Å². The van der Waals surface area contributed by atoms with E-state index in [4.69, 9.17) is 18.0 Å². The van der Waals surface area contributed by atoms with Crippen LogP contribution in [0.15, 0.2) is 24.5 Å². The highest BCUT2D eigenvalue weighted by Crippen LogP contribution is 1.99. The summed E-state index contributed by atoms with van der Waals surface area (Å²) in [6.07, 6.45) is 3.60. The van der Waals surface area contributed by atoms with Gasteiger partial charge in [0.05, 0.1) is 4.99 Å². The van der Waals surface area contributed by atoms with Crippen LogP contribution in [0.5, 0.6) is 0 Å². The van der Waals surface area contributed by atoms with Gasteiger partial charge in [0.15, 0.2) is 0 Å². The first kappa shape index (κ1) is 10.1. The molecule has 0 aliphatic rings. The van der Waals surface area contributed by atoms with Crippen molar-refractivity contribution in [2.24, 2.45) is 5.73 Å². The maximum absolute atomic E-state index is 5.42. The lowest BCUT2D eigenvalue weighted by molar-refractivity contribution is 0.374. The summed E-state index contributed by atoms with van der Waals surface area (Å²) in [5.41, 5.74) is 6.59. The van der Waals surface area contributed by atoms with Crippen molar-refractivity contribution in [3.05, 3.63) is 30.1 Å². The number of rotatable bonds is 4. The number of nitrogens with zero attached hydrogens (tertiary/aromatic N) is 2. The van der Waals surface area contributed by atoms with Crippen molar-refractivity contribution in [3.8, 4) is 0 Å². The molecule has 0 radical (unpaired) electrons. The van der Waals surface area contributed by atoms with E-state index in [1.807, 2.05) is 25.4 Å². The van der Waals surface area contributed by atoms with Gasteiger partial charge in [0, 0.05) is 25.5 Å². The highest BCUT2D eigenvalue weighted by molar-refractivity contribution is 7.80. The minimum Gasteiger partial charge on any atom is -0.392 e. The van der Waals surface area contributed by atoms with Crippen molar-refractivity contribution in [1.82, 2.24) is 9.88 Å². The second-order valence-corrected chi connectivity index (χ2v) is 3.52. The van der Waals surface area contributed by atoms with Crippen molar-refractivity contribution in [2.75, 3.05) is 13.6 Å². The fourth-order valence-electron chi connectivity index (χ4n) is 1.13. The van der Waals surface area contributed by atoms with E-state index >= 15 is 0 Å². The van der Waals surface area contributed by atoms with Crippen LogP contribution in [0.4, 0.5) is 0 Å². The van der Waals surface area contributed by atoms with Gasteiger partial charge in [-0.1, -0.05) is 18.3 Å². The van der Waals surface area contributed by atoms with E-state index < -0.39 is 0 Å². The van der Waals surface area contributed by atoms with E-state index in [0.29, 0.717) is 11.5 Å². The molecule has 0 aliphatic heterocycles. The van der Waals surface area contributed by atoms with Gasteiger partial charge in [-0.3, -0.25) is 9.88 Å². The summed E-state index contributed by atoms with van der Waals surface area (Å²) in [5.74, 6) is 0. The van der Waals surface area contributed by atoms with Crippen LogP contribution in [0.3, 0.4) is 0 Å². The second kappa shape index (κ2) is 4.89. The molecule has 0 aliphatic carbocycles. The quantitative estimate of drug-likeness (QED) is 0.722. The third kappa shape index (κ3) is 3.96. The number of hydrogen-bond acceptors (Lipinski definition) is 3. The fourth-order valence-corrected chi connectivity index (χ4v) is 1.35. The summed E-state index contributed by atoms with van der Waals surface area (Å²) in [6.45, 7) is 1.47. The van der Waals surface area contributed by atoms with Gasteiger partial charge >= 0.3 is 0 Å². The molecule has 0 spiro atoms. The molecule has 0 fully saturated rings. The predicted octanol–water partition coefficient (Wildman–Crippen LogP) is 0.800. The molecular weight excluding hydrogens is 182 g/mol. The second-order valence-electron chi connectivity index (χ2n) is 3.00. The Balaban J connectivity index is 2.45. The van der Waals surface area contributed by atoms with E-state index in [-0.39, 0.29) is 0 Å². The van der Waals surface area contributed by atoms with Crippen LogP contribution in [0, 0.1) is 0 Å². The summed E-state index contributed by atoms with van der Waals surface area (Å²) in [4.78, 5) is 6.60. The lowest BCUT2D eigenvalue weighted by Crippen LogP contribution is -2.28. The molecule has 2 N–H and O–H groups in total. The third-order valence-electron chi connectivity index (χ3n) is 1.60. The number of pyridine rings is 1. The van der Waals surface area contributed by atoms with Crippen LogP contribution >= 0.6 is 12.2 Å². The number of nitrogens with two attached hydrogens (primary N) is 1. The third-order valence-corrected chi connectivity index (χ3v) is 1.73. The summed E-state index contributed by atoms with van der Waals surface area (Å²) in [7, 11) is 1.98. The van der Waals surface area contributed by atoms with Crippen LogP contribution < -0.4 is 5.73 Å². The highest BCUT2D eigenvalue weighted by Gasteiger charge is 2.00. The van der Waals surface area contributed by atoms with Crippen molar-refractivity contribution in [1.29, 1.82) is 0 Å². The average molecular weight is 195 g/mol. The molecule has 4 heteroatoms. The van der Waals surface area contributed by atoms with Crippen LogP contribution in [-0.4, -0.2) is 28.5 Å². The smallest absolute Gasteiger partial charge is 0.0870 e. The van der Waals surface area contributed by atoms with Crippen molar-refractivity contribution < 1.29 is 0 Å². The molecule has 70 valence electrons. The lowest BCUT2D eigenvalue weighted by atomic mass is 10.3. The van der Waals surface area contributed by atoms with E-state index in [1.54, 1.807) is 6.20 Å². The van der Waals surface area contributed by atoms with Crippen molar-refractivity contribution in [2.45, 2.75) is 6.54 Å². The Hall–Kier alpha value is -1.00. The maximum Gasteiger partial charge on any atom is 0.0870 e. The normalized spacial score (nSPS) is 10.3. The van der Waals surface area contributed by atoms with Gasteiger partial charge in [-0.15, -0.1) is 0 Å². The zero-order valence-corrected chi connectivity index (χ0v) is 8.42. The van der Waals surface area contributed by atoms with Crippen LogP contribution in [0.2, 0.25) is 0 Å². The number of hydrogen-bond donors (Lipinski definition) is 1. The molecule has 3 nitrogen and oxygen atoms in total. The molecule has 13 heavy (non-hydrogen) atoms. The summed E-state index contributed by atoms with van der Waals surface area (Å²) in [5, 5.41) is 0. The summed E-state index contributed by atoms with van der Waals surface area (Å²) >= 11 is 4.81. The Bertz CT molecular complexity index is 273. The van der Waals surface area contributed by atoms with Crippen molar-refractivity contribution >= 4 is 17.2 Å². The zero-order valence-electron chi connectivity index (χ0n) is 7.60. The van der Waals surface area contributed by atoms with Crippen LogP contribution in [0.1, 0.15) is 5.56 Å². The Morgan fingerprint density at radius 2 is 2.46 bits per heavy atom. The molecule has 0 aromatic carbocycles. The first-order chi connectivity index (χ1) is 6.18. The minimum absolute atomic E-state index is 0.520. The first-order valence-electron chi connectivity index (χ1n) is 4.04. The van der Waals surface area contributed by atoms with Gasteiger partial charge in [0.25, 0.3) is 0 Å². The lowest BCUT2D eigenvalue weighted by Gasteiger charge is -2.14. The standard InChI is InChI=1S/C9H13N3S/c1-12(7-9(10)13)6-8-3-2-4-11-5-8/h2-5H,6-7H2,1H3,(H2,10,13).